The van der Waals surface area contributed by atoms with Gasteiger partial charge in [0.15, 0.2) is 5.82 Å². The standard InChI is InChI=1S/C18H21N7/c1-24-9-6-21-18(24)17-12-22-16(11-23-17)14-2-7-25(8-3-14)13-15-10-19-4-5-20-15/h4-6,9-12,14H,2-3,7-8,13H2,1H3. The number of rotatable bonds is 4. The van der Waals surface area contributed by atoms with Gasteiger partial charge in [0.05, 0.1) is 17.6 Å². The van der Waals surface area contributed by atoms with E-state index in [1.807, 2.05) is 36.4 Å². The molecule has 0 spiro atoms. The van der Waals surface area contributed by atoms with Crippen LogP contribution in [0, 0.1) is 0 Å². The molecule has 0 atom stereocenters. The molecule has 1 saturated heterocycles. The summed E-state index contributed by atoms with van der Waals surface area (Å²) >= 11 is 0. The molecule has 4 rings (SSSR count). The minimum absolute atomic E-state index is 0.473. The van der Waals surface area contributed by atoms with Crippen LogP contribution < -0.4 is 0 Å². The van der Waals surface area contributed by atoms with Crippen molar-refractivity contribution in [3.63, 3.8) is 0 Å². The fraction of sp³-hybridized carbons (Fsp3) is 0.389. The van der Waals surface area contributed by atoms with Crippen molar-refractivity contribution in [1.29, 1.82) is 0 Å². The lowest BCUT2D eigenvalue weighted by Gasteiger charge is -2.31. The summed E-state index contributed by atoms with van der Waals surface area (Å²) in [5, 5.41) is 0. The van der Waals surface area contributed by atoms with Crippen molar-refractivity contribution in [2.45, 2.75) is 25.3 Å². The van der Waals surface area contributed by atoms with E-state index in [9.17, 15) is 0 Å². The van der Waals surface area contributed by atoms with Gasteiger partial charge in [-0.1, -0.05) is 0 Å². The van der Waals surface area contributed by atoms with E-state index in [2.05, 4.69) is 29.8 Å². The predicted molar refractivity (Wildman–Crippen MR) is 93.5 cm³/mol. The molecule has 0 aromatic carbocycles. The van der Waals surface area contributed by atoms with Gasteiger partial charge in [-0.15, -0.1) is 0 Å². The van der Waals surface area contributed by atoms with Crippen LogP contribution in [-0.2, 0) is 13.6 Å². The zero-order valence-corrected chi connectivity index (χ0v) is 14.3. The van der Waals surface area contributed by atoms with Gasteiger partial charge in [0, 0.05) is 56.7 Å². The minimum Gasteiger partial charge on any atom is -0.333 e. The van der Waals surface area contributed by atoms with Crippen LogP contribution in [0.25, 0.3) is 11.5 Å². The van der Waals surface area contributed by atoms with Gasteiger partial charge in [0.25, 0.3) is 0 Å². The molecular weight excluding hydrogens is 314 g/mol. The molecule has 7 heteroatoms. The van der Waals surface area contributed by atoms with Crippen molar-refractivity contribution in [2.75, 3.05) is 13.1 Å². The Hall–Kier alpha value is -2.67. The normalized spacial score (nSPS) is 16.2. The summed E-state index contributed by atoms with van der Waals surface area (Å²) in [6.07, 6.45) is 14.9. The zero-order valence-electron chi connectivity index (χ0n) is 14.3. The minimum atomic E-state index is 0.473. The lowest BCUT2D eigenvalue weighted by molar-refractivity contribution is 0.201. The molecule has 0 N–H and O–H groups in total. The number of hydrogen-bond acceptors (Lipinski definition) is 6. The fourth-order valence-electron chi connectivity index (χ4n) is 3.30. The van der Waals surface area contributed by atoms with Gasteiger partial charge in [0.1, 0.15) is 5.69 Å². The van der Waals surface area contributed by atoms with Crippen LogP contribution in [0.3, 0.4) is 0 Å². The third-order valence-corrected chi connectivity index (χ3v) is 4.73. The summed E-state index contributed by atoms with van der Waals surface area (Å²) in [4.78, 5) is 24.5. The first kappa shape index (κ1) is 15.8. The van der Waals surface area contributed by atoms with Gasteiger partial charge < -0.3 is 4.57 Å². The summed E-state index contributed by atoms with van der Waals surface area (Å²) in [5.74, 6) is 1.32. The molecule has 0 saturated carbocycles. The van der Waals surface area contributed by atoms with Gasteiger partial charge in [-0.25, -0.2) is 9.97 Å². The highest BCUT2D eigenvalue weighted by Gasteiger charge is 2.22. The number of aryl methyl sites for hydroxylation is 1. The van der Waals surface area contributed by atoms with Crippen LogP contribution in [0.4, 0.5) is 0 Å². The number of hydrogen-bond donors (Lipinski definition) is 0. The first-order valence-electron chi connectivity index (χ1n) is 8.56. The molecule has 1 fully saturated rings. The van der Waals surface area contributed by atoms with Crippen molar-refractivity contribution < 1.29 is 0 Å². The Labute approximate surface area is 146 Å². The number of aromatic nitrogens is 6. The molecule has 1 aliphatic heterocycles. The summed E-state index contributed by atoms with van der Waals surface area (Å²) in [5.41, 5.74) is 2.92. The lowest BCUT2D eigenvalue weighted by atomic mass is 9.93. The number of piperidine rings is 1. The van der Waals surface area contributed by atoms with Crippen molar-refractivity contribution >= 4 is 0 Å². The van der Waals surface area contributed by atoms with E-state index in [-0.39, 0.29) is 0 Å². The quantitative estimate of drug-likeness (QED) is 0.726. The molecule has 0 bridgehead atoms. The van der Waals surface area contributed by atoms with Crippen molar-refractivity contribution in [3.8, 4) is 11.5 Å². The van der Waals surface area contributed by atoms with Crippen molar-refractivity contribution in [1.82, 2.24) is 34.4 Å². The molecule has 3 aromatic heterocycles. The van der Waals surface area contributed by atoms with E-state index in [1.54, 1.807) is 18.6 Å². The monoisotopic (exact) mass is 335 g/mol. The molecule has 128 valence electrons. The van der Waals surface area contributed by atoms with E-state index in [0.717, 1.165) is 55.4 Å². The second-order valence-corrected chi connectivity index (χ2v) is 6.44. The molecule has 1 aliphatic rings. The second-order valence-electron chi connectivity index (χ2n) is 6.44. The molecule has 25 heavy (non-hydrogen) atoms. The summed E-state index contributed by atoms with van der Waals surface area (Å²) in [6.45, 7) is 2.96. The Kier molecular flexibility index (Phi) is 4.47. The topological polar surface area (TPSA) is 72.6 Å². The number of likely N-dealkylation sites (tertiary alicyclic amines) is 1. The highest BCUT2D eigenvalue weighted by Crippen LogP contribution is 2.27. The Morgan fingerprint density at radius 3 is 2.48 bits per heavy atom. The summed E-state index contributed by atoms with van der Waals surface area (Å²) in [6, 6.07) is 0. The average molecular weight is 335 g/mol. The van der Waals surface area contributed by atoms with Crippen LogP contribution in [0.2, 0.25) is 0 Å². The Morgan fingerprint density at radius 1 is 0.960 bits per heavy atom. The third kappa shape index (κ3) is 3.56. The molecule has 7 nitrogen and oxygen atoms in total. The van der Waals surface area contributed by atoms with Crippen LogP contribution in [-0.4, -0.2) is 47.5 Å². The maximum atomic E-state index is 4.65. The molecule has 4 heterocycles. The molecule has 0 unspecified atom stereocenters. The highest BCUT2D eigenvalue weighted by atomic mass is 15.1. The van der Waals surface area contributed by atoms with E-state index in [1.165, 1.54) is 0 Å². The van der Waals surface area contributed by atoms with Crippen LogP contribution in [0.15, 0.2) is 43.4 Å². The second kappa shape index (κ2) is 7.06. The number of nitrogens with zero attached hydrogens (tertiary/aromatic N) is 7. The van der Waals surface area contributed by atoms with Gasteiger partial charge in [-0.05, 0) is 25.9 Å². The maximum absolute atomic E-state index is 4.65. The third-order valence-electron chi connectivity index (χ3n) is 4.73. The van der Waals surface area contributed by atoms with Crippen molar-refractivity contribution in [3.05, 3.63) is 54.8 Å². The van der Waals surface area contributed by atoms with E-state index >= 15 is 0 Å². The molecule has 0 aliphatic carbocycles. The summed E-state index contributed by atoms with van der Waals surface area (Å²) < 4.78 is 1.95. The largest absolute Gasteiger partial charge is 0.333 e. The smallest absolute Gasteiger partial charge is 0.159 e. The lowest BCUT2D eigenvalue weighted by Crippen LogP contribution is -2.33. The fourth-order valence-corrected chi connectivity index (χ4v) is 3.30. The zero-order chi connectivity index (χ0) is 17.1. The molecule has 3 aromatic rings. The van der Waals surface area contributed by atoms with E-state index < -0.39 is 0 Å². The first-order chi connectivity index (χ1) is 12.3. The number of imidazole rings is 1. The highest BCUT2D eigenvalue weighted by molar-refractivity contribution is 5.47. The molecule has 0 amide bonds. The summed E-state index contributed by atoms with van der Waals surface area (Å²) in [7, 11) is 1.96. The molecular formula is C18H21N7. The van der Waals surface area contributed by atoms with E-state index in [0.29, 0.717) is 5.92 Å². The Morgan fingerprint density at radius 2 is 1.84 bits per heavy atom. The first-order valence-corrected chi connectivity index (χ1v) is 8.56. The van der Waals surface area contributed by atoms with Gasteiger partial charge in [-0.2, -0.15) is 0 Å². The predicted octanol–water partition coefficient (Wildman–Crippen LogP) is 2.05. The van der Waals surface area contributed by atoms with Crippen LogP contribution in [0.1, 0.15) is 30.1 Å². The Balaban J connectivity index is 1.37. The van der Waals surface area contributed by atoms with E-state index in [4.69, 9.17) is 0 Å². The SMILES string of the molecule is Cn1ccnc1-c1cnc(C2CCN(Cc3cnccn3)CC2)cn1. The van der Waals surface area contributed by atoms with Gasteiger partial charge in [-0.3, -0.25) is 19.9 Å². The molecule has 0 radical (unpaired) electrons. The van der Waals surface area contributed by atoms with Crippen LogP contribution in [0.5, 0.6) is 0 Å². The Bertz CT molecular complexity index is 805. The maximum Gasteiger partial charge on any atom is 0.159 e. The average Bonchev–Trinajstić information content (AvgIpc) is 3.09. The van der Waals surface area contributed by atoms with Gasteiger partial charge >= 0.3 is 0 Å². The van der Waals surface area contributed by atoms with Gasteiger partial charge in [0.2, 0.25) is 0 Å². The van der Waals surface area contributed by atoms with Crippen LogP contribution >= 0.6 is 0 Å². The van der Waals surface area contributed by atoms with Crippen molar-refractivity contribution in [2.24, 2.45) is 7.05 Å².